The first kappa shape index (κ1) is 15.4. The maximum Gasteiger partial charge on any atom is 0.314 e. The molecule has 0 bridgehead atoms. The van der Waals surface area contributed by atoms with Gasteiger partial charge in [-0.3, -0.25) is 4.79 Å². The van der Waals surface area contributed by atoms with Crippen LogP contribution in [-0.2, 0) is 4.79 Å². The highest BCUT2D eigenvalue weighted by Crippen LogP contribution is 2.06. The molecule has 0 aliphatic rings. The minimum Gasteiger partial charge on any atom is -0.481 e. The van der Waals surface area contributed by atoms with E-state index in [9.17, 15) is 4.79 Å². The van der Waals surface area contributed by atoms with Gasteiger partial charge in [-0.05, 0) is 5.56 Å². The van der Waals surface area contributed by atoms with Gasteiger partial charge in [0.2, 0.25) is 0 Å². The molecule has 1 aromatic carbocycles. The van der Waals surface area contributed by atoms with E-state index >= 15 is 0 Å². The lowest BCUT2D eigenvalue weighted by Gasteiger charge is -1.98. The van der Waals surface area contributed by atoms with Crippen LogP contribution in [-0.4, -0.2) is 11.1 Å². The van der Waals surface area contributed by atoms with Crippen molar-refractivity contribution in [3.8, 4) is 6.07 Å². The number of nitriles is 1. The highest BCUT2D eigenvalue weighted by molar-refractivity contribution is 5.75. The maximum atomic E-state index is 10.6. The molecule has 0 fully saturated rings. The lowest BCUT2D eigenvalue weighted by molar-refractivity contribution is -0.138. The molecule has 0 spiro atoms. The van der Waals surface area contributed by atoms with Crippen LogP contribution in [0.2, 0.25) is 0 Å². The molecule has 3 heteroatoms. The van der Waals surface area contributed by atoms with E-state index in [2.05, 4.69) is 13.2 Å². The maximum absolute atomic E-state index is 10.6. The molecule has 1 unspecified atom stereocenters. The Bertz CT molecular complexity index is 455. The quantitative estimate of drug-likeness (QED) is 0.650. The van der Waals surface area contributed by atoms with Gasteiger partial charge in [-0.1, -0.05) is 55.1 Å². The van der Waals surface area contributed by atoms with E-state index in [0.717, 1.165) is 5.56 Å². The number of aliphatic carboxylic acids is 1. The van der Waals surface area contributed by atoms with Gasteiger partial charge in [-0.15, -0.1) is 6.58 Å². The van der Waals surface area contributed by atoms with E-state index in [1.54, 1.807) is 18.2 Å². The molecule has 0 saturated carbocycles. The van der Waals surface area contributed by atoms with Gasteiger partial charge >= 0.3 is 5.97 Å². The van der Waals surface area contributed by atoms with Crippen molar-refractivity contribution >= 4 is 12.0 Å². The van der Waals surface area contributed by atoms with Gasteiger partial charge in [0.25, 0.3) is 0 Å². The molecule has 0 aliphatic carbocycles. The van der Waals surface area contributed by atoms with Crippen LogP contribution in [0.4, 0.5) is 0 Å². The largest absolute Gasteiger partial charge is 0.481 e. The van der Waals surface area contributed by atoms with Crippen LogP contribution in [0.3, 0.4) is 0 Å². The van der Waals surface area contributed by atoms with Crippen LogP contribution in [0.15, 0.2) is 61.7 Å². The number of carboxylic acids is 1. The molecule has 0 saturated heterocycles. The predicted octanol–water partition coefficient (Wildman–Crippen LogP) is 3.28. The molecule has 1 rings (SSSR count). The highest BCUT2D eigenvalue weighted by Gasteiger charge is 2.07. The van der Waals surface area contributed by atoms with Crippen molar-refractivity contribution in [1.29, 1.82) is 5.26 Å². The Kier molecular flexibility index (Phi) is 8.22. The molecule has 0 radical (unpaired) electrons. The summed E-state index contributed by atoms with van der Waals surface area (Å²) in [6.07, 6.45) is 5.98. The summed E-state index contributed by atoms with van der Waals surface area (Å²) in [7, 11) is 0. The highest BCUT2D eigenvalue weighted by atomic mass is 16.4. The second-order valence-corrected chi connectivity index (χ2v) is 3.20. The van der Waals surface area contributed by atoms with E-state index in [-0.39, 0.29) is 0 Å². The number of carboxylic acid groups (broad SMARTS) is 1. The number of rotatable bonds is 4. The van der Waals surface area contributed by atoms with Crippen molar-refractivity contribution in [2.24, 2.45) is 5.92 Å². The summed E-state index contributed by atoms with van der Waals surface area (Å²) in [6.45, 7) is 6.58. The van der Waals surface area contributed by atoms with Crippen LogP contribution >= 0.6 is 0 Å². The fourth-order valence-corrected chi connectivity index (χ4v) is 1.04. The number of nitrogens with zero attached hydrogens (tertiary/aromatic N) is 1. The summed E-state index contributed by atoms with van der Waals surface area (Å²) in [5, 5.41) is 16.2. The van der Waals surface area contributed by atoms with E-state index in [1.807, 2.05) is 30.3 Å². The average Bonchev–Trinajstić information content (AvgIpc) is 2.40. The third-order valence-electron chi connectivity index (χ3n) is 1.93. The Morgan fingerprint density at radius 1 is 1.33 bits per heavy atom. The van der Waals surface area contributed by atoms with Gasteiger partial charge in [0.15, 0.2) is 0 Å². The molecule has 1 aromatic rings. The number of hydrogen-bond donors (Lipinski definition) is 1. The van der Waals surface area contributed by atoms with Crippen LogP contribution in [0.5, 0.6) is 0 Å². The second-order valence-electron chi connectivity index (χ2n) is 3.20. The van der Waals surface area contributed by atoms with Crippen LogP contribution in [0.1, 0.15) is 5.56 Å². The molecule has 0 heterocycles. The van der Waals surface area contributed by atoms with Crippen LogP contribution in [0.25, 0.3) is 6.08 Å². The first-order chi connectivity index (χ1) is 8.65. The number of benzene rings is 1. The lowest BCUT2D eigenvalue weighted by Crippen LogP contribution is -2.06. The first-order valence-corrected chi connectivity index (χ1v) is 5.24. The van der Waals surface area contributed by atoms with Crippen molar-refractivity contribution in [3.05, 3.63) is 67.3 Å². The summed E-state index contributed by atoms with van der Waals surface area (Å²) >= 11 is 0. The zero-order valence-electron chi connectivity index (χ0n) is 9.99. The van der Waals surface area contributed by atoms with E-state index in [4.69, 9.17) is 10.4 Å². The van der Waals surface area contributed by atoms with Gasteiger partial charge < -0.3 is 5.11 Å². The van der Waals surface area contributed by atoms with Crippen molar-refractivity contribution in [2.45, 2.75) is 0 Å². The Morgan fingerprint density at radius 2 is 1.89 bits per heavy atom. The van der Waals surface area contributed by atoms with E-state index in [0.29, 0.717) is 0 Å². The molecule has 18 heavy (non-hydrogen) atoms. The predicted molar refractivity (Wildman–Crippen MR) is 72.6 cm³/mol. The summed E-state index contributed by atoms with van der Waals surface area (Å²) in [6, 6.07) is 11.3. The summed E-state index contributed by atoms with van der Waals surface area (Å²) in [5.74, 6) is -1.50. The van der Waals surface area contributed by atoms with Crippen LogP contribution < -0.4 is 0 Å². The van der Waals surface area contributed by atoms with Crippen LogP contribution in [0, 0.1) is 17.2 Å². The number of allylic oxidation sites excluding steroid dienone is 1. The van der Waals surface area contributed by atoms with Gasteiger partial charge in [-0.2, -0.15) is 5.26 Å². The van der Waals surface area contributed by atoms with Crippen molar-refractivity contribution in [1.82, 2.24) is 0 Å². The molecule has 0 amide bonds. The Morgan fingerprint density at radius 3 is 2.28 bits per heavy atom. The standard InChI is InChI=1S/C12H12O2.C3H3N/c1-2-11(12(13)14)9-8-10-6-4-3-5-7-10;1-2-3-4/h2-9,11H,1H2,(H,13,14);2H,1H2. The first-order valence-electron chi connectivity index (χ1n) is 5.24. The van der Waals surface area contributed by atoms with E-state index in [1.165, 1.54) is 12.2 Å². The molecule has 92 valence electrons. The molecular formula is C15H15NO2. The molecule has 1 N–H and O–H groups in total. The van der Waals surface area contributed by atoms with Gasteiger partial charge in [-0.25, -0.2) is 0 Å². The zero-order valence-corrected chi connectivity index (χ0v) is 9.99. The molecule has 0 aromatic heterocycles. The third-order valence-corrected chi connectivity index (χ3v) is 1.93. The van der Waals surface area contributed by atoms with Crippen molar-refractivity contribution in [2.75, 3.05) is 0 Å². The molecule has 0 aliphatic heterocycles. The van der Waals surface area contributed by atoms with Gasteiger partial charge in [0.05, 0.1) is 12.0 Å². The number of carbonyl (C=O) groups is 1. The smallest absolute Gasteiger partial charge is 0.314 e. The van der Waals surface area contributed by atoms with E-state index < -0.39 is 11.9 Å². The zero-order chi connectivity index (χ0) is 13.8. The second kappa shape index (κ2) is 9.61. The minimum absolute atomic E-state index is 0.616. The average molecular weight is 241 g/mol. The molecular weight excluding hydrogens is 226 g/mol. The van der Waals surface area contributed by atoms with Crippen molar-refractivity contribution < 1.29 is 9.90 Å². The fourth-order valence-electron chi connectivity index (χ4n) is 1.04. The Labute approximate surface area is 107 Å². The SMILES string of the molecule is C=CC#N.C=CC(C=Cc1ccccc1)C(=O)O. The lowest BCUT2D eigenvalue weighted by atomic mass is 10.1. The number of hydrogen-bond acceptors (Lipinski definition) is 2. The Hall–Kier alpha value is -2.60. The molecule has 1 atom stereocenters. The fraction of sp³-hybridized carbons (Fsp3) is 0.0667. The Balaban J connectivity index is 0.000000631. The summed E-state index contributed by atoms with van der Waals surface area (Å²) < 4.78 is 0. The third kappa shape index (κ3) is 6.81. The molecule has 3 nitrogen and oxygen atoms in total. The normalized spacial score (nSPS) is 10.6. The topological polar surface area (TPSA) is 61.1 Å². The van der Waals surface area contributed by atoms with Gasteiger partial charge in [0.1, 0.15) is 0 Å². The summed E-state index contributed by atoms with van der Waals surface area (Å²) in [5.41, 5.74) is 0.987. The van der Waals surface area contributed by atoms with Gasteiger partial charge in [0, 0.05) is 6.08 Å². The van der Waals surface area contributed by atoms with Crippen molar-refractivity contribution in [3.63, 3.8) is 0 Å². The summed E-state index contributed by atoms with van der Waals surface area (Å²) in [4.78, 5) is 10.6. The monoisotopic (exact) mass is 241 g/mol. The minimum atomic E-state index is -0.882.